The van der Waals surface area contributed by atoms with E-state index in [1.807, 2.05) is 0 Å². The minimum atomic E-state index is -4.62. The fourth-order valence-electron chi connectivity index (χ4n) is 1.78. The van der Waals surface area contributed by atoms with Gasteiger partial charge in [-0.15, -0.1) is 10.2 Å². The quantitative estimate of drug-likeness (QED) is 0.868. The molecule has 2 heterocycles. The molecule has 2 aromatic rings. The summed E-state index contributed by atoms with van der Waals surface area (Å²) in [6.45, 7) is 1.27. The third-order valence-electron chi connectivity index (χ3n) is 2.95. The first-order valence-electron chi connectivity index (χ1n) is 6.63. The molecule has 2 amide bonds. The fourth-order valence-corrected chi connectivity index (χ4v) is 2.41. The van der Waals surface area contributed by atoms with E-state index in [0.29, 0.717) is 0 Å². The summed E-state index contributed by atoms with van der Waals surface area (Å²) in [6, 6.07) is 1.04. The van der Waals surface area contributed by atoms with Crippen LogP contribution in [0, 0.1) is 0 Å². The van der Waals surface area contributed by atoms with Crippen LogP contribution in [0.3, 0.4) is 0 Å². The van der Waals surface area contributed by atoms with Crippen molar-refractivity contribution < 1.29 is 22.8 Å². The summed E-state index contributed by atoms with van der Waals surface area (Å²) in [5, 5.41) is 10.9. The van der Waals surface area contributed by atoms with E-state index in [9.17, 15) is 22.8 Å². The number of aromatic nitrogens is 4. The molecule has 1 atom stereocenters. The van der Waals surface area contributed by atoms with E-state index in [1.54, 1.807) is 19.2 Å². The van der Waals surface area contributed by atoms with Crippen LogP contribution in [0.5, 0.6) is 0 Å². The second kappa shape index (κ2) is 6.95. The number of alkyl halides is 3. The van der Waals surface area contributed by atoms with Crippen molar-refractivity contribution in [3.8, 4) is 0 Å². The third-order valence-corrected chi connectivity index (χ3v) is 3.83. The van der Waals surface area contributed by atoms with Crippen molar-refractivity contribution in [2.75, 3.05) is 18.9 Å². The minimum absolute atomic E-state index is 0.211. The van der Waals surface area contributed by atoms with Crippen LogP contribution in [-0.4, -0.2) is 50.3 Å². The number of hydrogen-bond acceptors (Lipinski definition) is 6. The molecule has 0 aliphatic rings. The maximum atomic E-state index is 12.4. The minimum Gasteiger partial charge on any atom is -0.335 e. The van der Waals surface area contributed by atoms with Crippen LogP contribution in [-0.2, 0) is 15.8 Å². The molecule has 24 heavy (non-hydrogen) atoms. The van der Waals surface area contributed by atoms with Crippen LogP contribution in [0.4, 0.5) is 18.3 Å². The number of carbonyl (C=O) groups is 2. The average Bonchev–Trinajstić information content (AvgIpc) is 3.15. The van der Waals surface area contributed by atoms with Gasteiger partial charge in [0, 0.05) is 19.4 Å². The van der Waals surface area contributed by atoms with E-state index in [1.165, 1.54) is 17.9 Å². The Balaban J connectivity index is 1.92. The highest BCUT2D eigenvalue weighted by molar-refractivity contribution is 7.15. The highest BCUT2D eigenvalue weighted by atomic mass is 32.1. The Morgan fingerprint density at radius 3 is 2.67 bits per heavy atom. The number of rotatable bonds is 5. The van der Waals surface area contributed by atoms with Gasteiger partial charge in [0.15, 0.2) is 0 Å². The van der Waals surface area contributed by atoms with Gasteiger partial charge >= 0.3 is 6.18 Å². The number of likely N-dealkylation sites (N-methyl/N-ethyl adjacent to an activating group) is 1. The standard InChI is InChI=1S/C12H13F3N6O2S/c1-7(21-5-3-4-16-21)9(23)20(2)6-8(22)17-11-19-18-10(24-11)12(13,14)15/h3-5,7H,6H2,1-2H3,(H,17,19,22). The molecular weight excluding hydrogens is 349 g/mol. The molecule has 0 saturated carbocycles. The largest absolute Gasteiger partial charge is 0.445 e. The molecule has 0 aliphatic heterocycles. The molecule has 0 fully saturated rings. The van der Waals surface area contributed by atoms with Gasteiger partial charge in [-0.25, -0.2) is 0 Å². The van der Waals surface area contributed by atoms with Gasteiger partial charge in [-0.05, 0) is 13.0 Å². The summed E-state index contributed by atoms with van der Waals surface area (Å²) in [4.78, 5) is 25.1. The van der Waals surface area contributed by atoms with Crippen molar-refractivity contribution in [3.63, 3.8) is 0 Å². The SMILES string of the molecule is CC(C(=O)N(C)CC(=O)Nc1nnc(C(F)(F)F)s1)n1cccn1. The van der Waals surface area contributed by atoms with Crippen LogP contribution in [0.2, 0.25) is 0 Å². The lowest BCUT2D eigenvalue weighted by Crippen LogP contribution is -2.38. The Morgan fingerprint density at radius 2 is 2.12 bits per heavy atom. The number of amides is 2. The van der Waals surface area contributed by atoms with E-state index in [0.717, 1.165) is 4.90 Å². The maximum Gasteiger partial charge on any atom is 0.445 e. The van der Waals surface area contributed by atoms with Crippen molar-refractivity contribution in [2.45, 2.75) is 19.1 Å². The molecule has 0 spiro atoms. The number of nitrogens with zero attached hydrogens (tertiary/aromatic N) is 5. The van der Waals surface area contributed by atoms with Gasteiger partial charge in [0.05, 0.1) is 6.54 Å². The third kappa shape index (κ3) is 4.28. The molecule has 0 bridgehead atoms. The van der Waals surface area contributed by atoms with E-state index in [4.69, 9.17) is 0 Å². The zero-order valence-electron chi connectivity index (χ0n) is 12.6. The van der Waals surface area contributed by atoms with Gasteiger partial charge in [-0.2, -0.15) is 18.3 Å². The van der Waals surface area contributed by atoms with E-state index >= 15 is 0 Å². The van der Waals surface area contributed by atoms with E-state index in [-0.39, 0.29) is 28.9 Å². The summed E-state index contributed by atoms with van der Waals surface area (Å²) < 4.78 is 38.7. The van der Waals surface area contributed by atoms with E-state index < -0.39 is 23.1 Å². The predicted octanol–water partition coefficient (Wildman–Crippen LogP) is 1.41. The predicted molar refractivity (Wildman–Crippen MR) is 78.1 cm³/mol. The molecule has 2 aromatic heterocycles. The van der Waals surface area contributed by atoms with Crippen LogP contribution in [0.15, 0.2) is 18.5 Å². The molecule has 2 rings (SSSR count). The van der Waals surface area contributed by atoms with Gasteiger partial charge in [0.2, 0.25) is 22.0 Å². The highest BCUT2D eigenvalue weighted by Gasteiger charge is 2.35. The van der Waals surface area contributed by atoms with Gasteiger partial charge < -0.3 is 4.90 Å². The van der Waals surface area contributed by atoms with Crippen molar-refractivity contribution in [1.82, 2.24) is 24.9 Å². The average molecular weight is 362 g/mol. The number of nitrogens with one attached hydrogen (secondary N) is 1. The molecule has 0 aliphatic carbocycles. The second-order valence-corrected chi connectivity index (χ2v) is 5.79. The first-order chi connectivity index (χ1) is 11.2. The molecule has 0 radical (unpaired) electrons. The normalized spacial score (nSPS) is 12.7. The Bertz CT molecular complexity index is 715. The zero-order valence-corrected chi connectivity index (χ0v) is 13.4. The lowest BCUT2D eigenvalue weighted by molar-refractivity contribution is -0.138. The number of hydrogen-bond donors (Lipinski definition) is 1. The number of carbonyl (C=O) groups excluding carboxylic acids is 2. The molecular formula is C12H13F3N6O2S. The summed E-state index contributed by atoms with van der Waals surface area (Å²) >= 11 is 0.211. The Labute approximate surface area is 138 Å². The summed E-state index contributed by atoms with van der Waals surface area (Å²) in [5.41, 5.74) is 0. The van der Waals surface area contributed by atoms with Gasteiger partial charge in [-0.1, -0.05) is 11.3 Å². The molecule has 1 N–H and O–H groups in total. The molecule has 8 nitrogen and oxygen atoms in total. The Morgan fingerprint density at radius 1 is 1.42 bits per heavy atom. The van der Waals surface area contributed by atoms with Gasteiger partial charge in [0.25, 0.3) is 0 Å². The topological polar surface area (TPSA) is 93.0 Å². The van der Waals surface area contributed by atoms with Crippen molar-refractivity contribution in [1.29, 1.82) is 0 Å². The summed E-state index contributed by atoms with van der Waals surface area (Å²) in [6.07, 6.45) is -1.49. The Hall–Kier alpha value is -2.50. The van der Waals surface area contributed by atoms with Crippen LogP contribution in [0.1, 0.15) is 18.0 Å². The first-order valence-corrected chi connectivity index (χ1v) is 7.45. The summed E-state index contributed by atoms with van der Waals surface area (Å²) in [5.74, 6) is -1.05. The molecule has 0 saturated heterocycles. The lowest BCUT2D eigenvalue weighted by atomic mass is 10.3. The summed E-state index contributed by atoms with van der Waals surface area (Å²) in [7, 11) is 1.41. The van der Waals surface area contributed by atoms with Crippen LogP contribution >= 0.6 is 11.3 Å². The molecule has 0 aromatic carbocycles. The molecule has 1 unspecified atom stereocenters. The monoisotopic (exact) mass is 362 g/mol. The van der Waals surface area contributed by atoms with E-state index in [2.05, 4.69) is 20.6 Å². The maximum absolute atomic E-state index is 12.4. The van der Waals surface area contributed by atoms with Crippen molar-refractivity contribution in [3.05, 3.63) is 23.5 Å². The lowest BCUT2D eigenvalue weighted by Gasteiger charge is -2.20. The number of halogens is 3. The first kappa shape index (κ1) is 17.8. The van der Waals surface area contributed by atoms with Crippen LogP contribution < -0.4 is 5.32 Å². The number of anilines is 1. The van der Waals surface area contributed by atoms with Crippen LogP contribution in [0.25, 0.3) is 0 Å². The van der Waals surface area contributed by atoms with Crippen molar-refractivity contribution >= 4 is 28.3 Å². The highest BCUT2D eigenvalue weighted by Crippen LogP contribution is 2.32. The Kier molecular flexibility index (Phi) is 5.17. The van der Waals surface area contributed by atoms with Crippen molar-refractivity contribution in [2.24, 2.45) is 0 Å². The molecule has 130 valence electrons. The fraction of sp³-hybridized carbons (Fsp3) is 0.417. The van der Waals surface area contributed by atoms with Gasteiger partial charge in [-0.3, -0.25) is 19.6 Å². The smallest absolute Gasteiger partial charge is 0.335 e. The second-order valence-electron chi connectivity index (χ2n) is 4.81. The van der Waals surface area contributed by atoms with Gasteiger partial charge in [0.1, 0.15) is 6.04 Å². The molecule has 12 heteroatoms. The zero-order chi connectivity index (χ0) is 17.9.